The number of carbonyl (C=O) groups is 2. The van der Waals surface area contributed by atoms with Crippen LogP contribution in [0.2, 0.25) is 0 Å². The number of nitrogens with zero attached hydrogens (tertiary/aromatic N) is 3. The largest absolute Gasteiger partial charge is 0.469 e. The third-order valence-corrected chi connectivity index (χ3v) is 7.45. The quantitative estimate of drug-likeness (QED) is 0.301. The highest BCUT2D eigenvalue weighted by Crippen LogP contribution is 2.40. The number of carbonyl (C=O) groups excluding carboxylic acids is 2. The molecule has 3 heterocycles. The molecule has 9 nitrogen and oxygen atoms in total. The van der Waals surface area contributed by atoms with Crippen molar-refractivity contribution in [1.82, 2.24) is 14.9 Å². The number of ether oxygens (including phenoxy) is 1. The molecule has 0 saturated heterocycles. The van der Waals surface area contributed by atoms with Gasteiger partial charge in [-0.05, 0) is 50.7 Å². The van der Waals surface area contributed by atoms with Crippen LogP contribution in [0.25, 0.3) is 11.4 Å². The van der Waals surface area contributed by atoms with E-state index in [1.165, 1.54) is 27.8 Å². The Labute approximate surface area is 193 Å². The van der Waals surface area contributed by atoms with Crippen molar-refractivity contribution in [1.29, 1.82) is 0 Å². The van der Waals surface area contributed by atoms with Crippen LogP contribution < -0.4 is 11.2 Å². The van der Waals surface area contributed by atoms with Gasteiger partial charge in [-0.25, -0.2) is 9.47 Å². The number of furan rings is 1. The molecular formula is C21H25N5O4S2. The van der Waals surface area contributed by atoms with E-state index in [-0.39, 0.29) is 24.2 Å². The average Bonchev–Trinajstić information content (AvgIpc) is 3.43. The Hall–Kier alpha value is -2.79. The monoisotopic (exact) mass is 475 g/mol. The minimum absolute atomic E-state index is 0.0704. The summed E-state index contributed by atoms with van der Waals surface area (Å²) in [5, 5.41) is 12.0. The third kappa shape index (κ3) is 4.40. The molecule has 32 heavy (non-hydrogen) atoms. The highest BCUT2D eigenvalue weighted by atomic mass is 32.2. The molecule has 0 fully saturated rings. The predicted octanol–water partition coefficient (Wildman–Crippen LogP) is 3.65. The predicted molar refractivity (Wildman–Crippen MR) is 123 cm³/mol. The number of esters is 1. The van der Waals surface area contributed by atoms with E-state index < -0.39 is 0 Å². The van der Waals surface area contributed by atoms with Crippen LogP contribution in [0.1, 0.15) is 46.8 Å². The van der Waals surface area contributed by atoms with Gasteiger partial charge in [0, 0.05) is 4.88 Å². The van der Waals surface area contributed by atoms with Crippen LogP contribution in [0.3, 0.4) is 0 Å². The zero-order valence-corrected chi connectivity index (χ0v) is 19.8. The summed E-state index contributed by atoms with van der Waals surface area (Å²) in [4.78, 5) is 26.5. The maximum Gasteiger partial charge on any atom is 0.341 e. The molecule has 3 aromatic rings. The van der Waals surface area contributed by atoms with Crippen LogP contribution in [0.5, 0.6) is 0 Å². The number of amides is 1. The van der Waals surface area contributed by atoms with Crippen molar-refractivity contribution in [2.24, 2.45) is 5.92 Å². The van der Waals surface area contributed by atoms with Crippen molar-refractivity contribution < 1.29 is 18.7 Å². The zero-order valence-electron chi connectivity index (χ0n) is 18.1. The van der Waals surface area contributed by atoms with Gasteiger partial charge < -0.3 is 20.3 Å². The summed E-state index contributed by atoms with van der Waals surface area (Å²) in [6, 6.07) is 1.76. The van der Waals surface area contributed by atoms with Gasteiger partial charge >= 0.3 is 5.97 Å². The van der Waals surface area contributed by atoms with Crippen LogP contribution in [0.4, 0.5) is 5.00 Å². The number of nitrogens with two attached hydrogens (primary N) is 1. The molecule has 3 N–H and O–H groups in total. The fraction of sp³-hybridized carbons (Fsp3) is 0.429. The lowest BCUT2D eigenvalue weighted by molar-refractivity contribution is -0.113. The Bertz CT molecular complexity index is 1150. The van der Waals surface area contributed by atoms with E-state index in [0.717, 1.165) is 35.3 Å². The topological polar surface area (TPSA) is 125 Å². The molecule has 0 saturated carbocycles. The zero-order chi connectivity index (χ0) is 22.8. The number of rotatable bonds is 7. The van der Waals surface area contributed by atoms with Crippen LogP contribution in [0, 0.1) is 12.8 Å². The minimum Gasteiger partial charge on any atom is -0.469 e. The highest BCUT2D eigenvalue weighted by Gasteiger charge is 2.29. The van der Waals surface area contributed by atoms with Crippen molar-refractivity contribution >= 4 is 40.0 Å². The number of hydrogen-bond donors (Lipinski definition) is 2. The van der Waals surface area contributed by atoms with E-state index in [1.54, 1.807) is 19.3 Å². The molecule has 0 aliphatic heterocycles. The summed E-state index contributed by atoms with van der Waals surface area (Å²) in [5.41, 5.74) is 2.25. The second-order valence-corrected chi connectivity index (χ2v) is 9.73. The summed E-state index contributed by atoms with van der Waals surface area (Å²) in [6.45, 7) is 6.07. The molecule has 11 heteroatoms. The second-order valence-electron chi connectivity index (χ2n) is 7.68. The van der Waals surface area contributed by atoms with Gasteiger partial charge in [0.15, 0.2) is 5.82 Å². The van der Waals surface area contributed by atoms with Gasteiger partial charge in [0.1, 0.15) is 10.8 Å². The molecule has 1 aliphatic carbocycles. The third-order valence-electron chi connectivity index (χ3n) is 5.34. The number of nitrogens with one attached hydrogen (secondary N) is 1. The highest BCUT2D eigenvalue weighted by molar-refractivity contribution is 7.99. The number of fused-ring (bicyclic) bond motifs is 1. The number of aryl methyl sites for hydroxylation is 1. The Balaban J connectivity index is 1.47. The Morgan fingerprint density at radius 1 is 1.44 bits per heavy atom. The minimum atomic E-state index is -0.385. The fourth-order valence-electron chi connectivity index (χ4n) is 3.73. The number of thioether (sulfide) groups is 1. The molecular weight excluding hydrogens is 450 g/mol. The molecule has 4 rings (SSSR count). The second kappa shape index (κ2) is 9.37. The Morgan fingerprint density at radius 3 is 2.97 bits per heavy atom. The molecule has 0 radical (unpaired) electrons. The van der Waals surface area contributed by atoms with Crippen molar-refractivity contribution in [2.75, 3.05) is 23.5 Å². The van der Waals surface area contributed by atoms with Gasteiger partial charge in [0.2, 0.25) is 11.1 Å². The average molecular weight is 476 g/mol. The van der Waals surface area contributed by atoms with E-state index in [4.69, 9.17) is 15.0 Å². The van der Waals surface area contributed by atoms with E-state index in [1.807, 2.05) is 6.92 Å². The van der Waals surface area contributed by atoms with Crippen molar-refractivity contribution in [3.05, 3.63) is 34.1 Å². The van der Waals surface area contributed by atoms with Crippen LogP contribution in [-0.4, -0.2) is 39.1 Å². The maximum absolute atomic E-state index is 12.7. The molecule has 1 unspecified atom stereocenters. The van der Waals surface area contributed by atoms with E-state index in [2.05, 4.69) is 22.4 Å². The normalized spacial score (nSPS) is 15.4. The van der Waals surface area contributed by atoms with Crippen molar-refractivity contribution in [3.8, 4) is 11.4 Å². The van der Waals surface area contributed by atoms with Crippen LogP contribution >= 0.6 is 23.1 Å². The molecule has 1 amide bonds. The molecule has 170 valence electrons. The summed E-state index contributed by atoms with van der Waals surface area (Å²) < 4.78 is 11.9. The van der Waals surface area contributed by atoms with Crippen molar-refractivity contribution in [3.63, 3.8) is 0 Å². The molecule has 1 aliphatic rings. The molecule has 0 aromatic carbocycles. The van der Waals surface area contributed by atoms with Crippen LogP contribution in [-0.2, 0) is 22.4 Å². The van der Waals surface area contributed by atoms with E-state index in [0.29, 0.717) is 33.2 Å². The first-order chi connectivity index (χ1) is 15.4. The van der Waals surface area contributed by atoms with Gasteiger partial charge in [-0.2, -0.15) is 0 Å². The Kier molecular flexibility index (Phi) is 6.56. The van der Waals surface area contributed by atoms with Crippen molar-refractivity contribution in [2.45, 2.75) is 45.2 Å². The summed E-state index contributed by atoms with van der Waals surface area (Å²) >= 11 is 2.63. The number of thiophene rings is 1. The number of aromatic nitrogens is 3. The van der Waals surface area contributed by atoms with Gasteiger partial charge in [0.05, 0.1) is 29.7 Å². The van der Waals surface area contributed by atoms with E-state index in [9.17, 15) is 9.59 Å². The first kappa shape index (κ1) is 22.4. The fourth-order valence-corrected chi connectivity index (χ4v) is 5.80. The lowest BCUT2D eigenvalue weighted by Crippen LogP contribution is -2.18. The molecule has 0 bridgehead atoms. The molecule has 0 spiro atoms. The van der Waals surface area contributed by atoms with Gasteiger partial charge in [-0.15, -0.1) is 21.5 Å². The lowest BCUT2D eigenvalue weighted by atomic mass is 9.88. The maximum atomic E-state index is 12.7. The molecule has 3 aromatic heterocycles. The lowest BCUT2D eigenvalue weighted by Gasteiger charge is -2.18. The standard InChI is InChI=1S/C21H25N5O4S2/c1-4-29-20(28)17-14-6-5-11(2)9-15(14)32-19(17)23-16(27)10-31-21-25-24-18(26(21)22)13-7-8-30-12(13)3/h7-8,11H,4-6,9-10,22H2,1-3H3,(H,23,27). The first-order valence-electron chi connectivity index (χ1n) is 10.4. The van der Waals surface area contributed by atoms with Gasteiger partial charge in [0.25, 0.3) is 0 Å². The number of anilines is 1. The van der Waals surface area contributed by atoms with Crippen LogP contribution in [0.15, 0.2) is 21.9 Å². The first-order valence-corrected chi connectivity index (χ1v) is 12.2. The Morgan fingerprint density at radius 2 is 2.25 bits per heavy atom. The number of hydrogen-bond acceptors (Lipinski definition) is 9. The van der Waals surface area contributed by atoms with Gasteiger partial charge in [-0.1, -0.05) is 18.7 Å². The number of nitrogen functional groups attached to an aromatic ring is 1. The smallest absolute Gasteiger partial charge is 0.341 e. The van der Waals surface area contributed by atoms with Gasteiger partial charge in [-0.3, -0.25) is 4.79 Å². The SMILES string of the molecule is CCOC(=O)c1c(NC(=O)CSc2nnc(-c3ccoc3C)n2N)sc2c1CCC(C)C2. The summed E-state index contributed by atoms with van der Waals surface area (Å²) in [6.07, 6.45) is 4.30. The summed E-state index contributed by atoms with van der Waals surface area (Å²) in [7, 11) is 0. The summed E-state index contributed by atoms with van der Waals surface area (Å²) in [5.74, 6) is 7.25. The van der Waals surface area contributed by atoms with E-state index >= 15 is 0 Å². The molecule has 1 atom stereocenters.